The number of carbonyl (C=O) groups excluding carboxylic acids is 2. The van der Waals surface area contributed by atoms with Crippen LogP contribution in [-0.2, 0) is 9.53 Å². The van der Waals surface area contributed by atoms with Crippen LogP contribution >= 0.6 is 0 Å². The lowest BCUT2D eigenvalue weighted by Gasteiger charge is -2.28. The highest BCUT2D eigenvalue weighted by molar-refractivity contribution is 5.81. The first-order valence-corrected chi connectivity index (χ1v) is 11.8. The Labute approximate surface area is 199 Å². The lowest BCUT2D eigenvalue weighted by molar-refractivity contribution is -0.142. The van der Waals surface area contributed by atoms with Gasteiger partial charge in [0.1, 0.15) is 12.6 Å². The van der Waals surface area contributed by atoms with Gasteiger partial charge in [-0.2, -0.15) is 0 Å². The smallest absolute Gasteiger partial charge is 0.410 e. The Hall–Kier alpha value is -3.55. The minimum atomic E-state index is -1.06. The Morgan fingerprint density at radius 3 is 2.38 bits per heavy atom. The van der Waals surface area contributed by atoms with Crippen molar-refractivity contribution >= 4 is 18.1 Å². The van der Waals surface area contributed by atoms with Gasteiger partial charge in [0.25, 0.3) is 0 Å². The number of amides is 3. The van der Waals surface area contributed by atoms with Gasteiger partial charge >= 0.3 is 18.1 Å². The Morgan fingerprint density at radius 1 is 1.12 bits per heavy atom. The number of rotatable bonds is 9. The van der Waals surface area contributed by atoms with Crippen molar-refractivity contribution in [2.24, 2.45) is 0 Å². The van der Waals surface area contributed by atoms with E-state index < -0.39 is 18.1 Å². The van der Waals surface area contributed by atoms with E-state index in [-0.39, 0.29) is 18.6 Å². The van der Waals surface area contributed by atoms with Gasteiger partial charge in [-0.1, -0.05) is 48.5 Å². The number of ether oxygens (including phenoxy) is 1. The van der Waals surface area contributed by atoms with Gasteiger partial charge < -0.3 is 20.1 Å². The summed E-state index contributed by atoms with van der Waals surface area (Å²) in [7, 11) is 1.47. The lowest BCUT2D eigenvalue weighted by Crippen LogP contribution is -2.46. The zero-order valence-corrected chi connectivity index (χ0v) is 19.4. The van der Waals surface area contributed by atoms with E-state index >= 15 is 0 Å². The second-order valence-electron chi connectivity index (χ2n) is 8.84. The van der Waals surface area contributed by atoms with E-state index in [1.165, 1.54) is 11.9 Å². The highest BCUT2D eigenvalue weighted by Gasteiger charge is 2.31. The van der Waals surface area contributed by atoms with Crippen LogP contribution in [0.1, 0.15) is 42.7 Å². The van der Waals surface area contributed by atoms with Gasteiger partial charge in [0.05, 0.1) is 0 Å². The van der Waals surface area contributed by atoms with E-state index in [9.17, 15) is 19.5 Å². The van der Waals surface area contributed by atoms with Gasteiger partial charge in [-0.15, -0.1) is 0 Å². The fourth-order valence-corrected chi connectivity index (χ4v) is 4.84. The zero-order valence-electron chi connectivity index (χ0n) is 19.4. The summed E-state index contributed by atoms with van der Waals surface area (Å²) in [5.74, 6) is -1.14. The summed E-state index contributed by atoms with van der Waals surface area (Å²) in [4.78, 5) is 39.4. The predicted octanol–water partition coefficient (Wildman–Crippen LogP) is 3.91. The summed E-state index contributed by atoms with van der Waals surface area (Å²) in [6.07, 6.45) is 1.82. The van der Waals surface area contributed by atoms with Crippen LogP contribution < -0.4 is 5.32 Å². The molecule has 1 aliphatic carbocycles. The van der Waals surface area contributed by atoms with Gasteiger partial charge in [0.2, 0.25) is 0 Å². The molecule has 0 spiro atoms. The highest BCUT2D eigenvalue weighted by Crippen LogP contribution is 2.44. The number of unbranched alkanes of at least 4 members (excludes halogenated alkanes) is 1. The fourth-order valence-electron chi connectivity index (χ4n) is 4.84. The van der Waals surface area contributed by atoms with Crippen LogP contribution in [0.4, 0.5) is 9.59 Å². The first-order valence-electron chi connectivity index (χ1n) is 11.8. The standard InChI is InChI=1S/C26H31N3O5/c1-28(23(24(30)31)13-6-7-15-29-16-8-14-27-25(29)32)26(33)34-17-22-20-11-4-2-9-18(20)19-10-3-5-12-21(19)22/h2-5,9-12,22-23H,6-8,13-17H2,1H3,(H,27,32)(H,30,31). The SMILES string of the molecule is CN(C(=O)OCC1c2ccccc2-c2ccccc21)C(CCCCN1CCCNC1=O)C(=O)O. The van der Waals surface area contributed by atoms with Gasteiger partial charge in [-0.05, 0) is 47.9 Å². The molecule has 34 heavy (non-hydrogen) atoms. The third-order valence-corrected chi connectivity index (χ3v) is 6.70. The molecule has 1 heterocycles. The zero-order chi connectivity index (χ0) is 24.1. The number of aliphatic carboxylic acids is 1. The average Bonchev–Trinajstić information content (AvgIpc) is 3.16. The van der Waals surface area contributed by atoms with Gasteiger partial charge in [0, 0.05) is 32.6 Å². The molecule has 0 radical (unpaired) electrons. The molecule has 1 fully saturated rings. The van der Waals surface area contributed by atoms with Crippen molar-refractivity contribution in [2.75, 3.05) is 33.3 Å². The third kappa shape index (κ3) is 5.00. The number of hydrogen-bond acceptors (Lipinski definition) is 4. The van der Waals surface area contributed by atoms with E-state index in [1.807, 2.05) is 36.4 Å². The second kappa shape index (κ2) is 10.6. The molecular weight excluding hydrogens is 434 g/mol. The monoisotopic (exact) mass is 465 g/mol. The molecule has 180 valence electrons. The van der Waals surface area contributed by atoms with Crippen molar-refractivity contribution < 1.29 is 24.2 Å². The molecule has 0 aromatic heterocycles. The molecule has 1 unspecified atom stereocenters. The minimum Gasteiger partial charge on any atom is -0.480 e. The number of fused-ring (bicyclic) bond motifs is 3. The Morgan fingerprint density at radius 2 is 1.76 bits per heavy atom. The maximum absolute atomic E-state index is 12.8. The molecular formula is C26H31N3O5. The number of urea groups is 1. The van der Waals surface area contributed by atoms with Crippen LogP contribution in [0.2, 0.25) is 0 Å². The summed E-state index contributed by atoms with van der Waals surface area (Å²) >= 11 is 0. The van der Waals surface area contributed by atoms with Crippen LogP contribution in [0, 0.1) is 0 Å². The van der Waals surface area contributed by atoms with Crippen LogP contribution in [0.5, 0.6) is 0 Å². The highest BCUT2D eigenvalue weighted by atomic mass is 16.6. The quantitative estimate of drug-likeness (QED) is 0.547. The van der Waals surface area contributed by atoms with E-state index in [0.717, 1.165) is 28.7 Å². The minimum absolute atomic E-state index is 0.0724. The van der Waals surface area contributed by atoms with Crippen LogP contribution in [0.25, 0.3) is 11.1 Å². The van der Waals surface area contributed by atoms with Crippen molar-refractivity contribution in [3.05, 3.63) is 59.7 Å². The Kier molecular flexibility index (Phi) is 7.35. The molecule has 0 saturated carbocycles. The number of hydrogen-bond donors (Lipinski definition) is 2. The first kappa shape index (κ1) is 23.6. The summed E-state index contributed by atoms with van der Waals surface area (Å²) < 4.78 is 5.61. The number of nitrogens with one attached hydrogen (secondary N) is 1. The fraction of sp³-hybridized carbons (Fsp3) is 0.423. The van der Waals surface area contributed by atoms with Crippen molar-refractivity contribution in [1.29, 1.82) is 0 Å². The predicted molar refractivity (Wildman–Crippen MR) is 128 cm³/mol. The Balaban J connectivity index is 1.32. The number of likely N-dealkylation sites (N-methyl/N-ethyl adjacent to an activating group) is 1. The van der Waals surface area contributed by atoms with Crippen molar-refractivity contribution in [3.8, 4) is 11.1 Å². The third-order valence-electron chi connectivity index (χ3n) is 6.70. The molecule has 0 bridgehead atoms. The molecule has 2 N–H and O–H groups in total. The average molecular weight is 466 g/mol. The molecule has 2 aromatic carbocycles. The van der Waals surface area contributed by atoms with E-state index in [0.29, 0.717) is 38.9 Å². The molecule has 2 aromatic rings. The summed E-state index contributed by atoms with van der Waals surface area (Å²) in [5.41, 5.74) is 4.49. The second-order valence-corrected chi connectivity index (χ2v) is 8.84. The number of nitrogens with zero attached hydrogens (tertiary/aromatic N) is 2. The molecule has 1 saturated heterocycles. The van der Waals surface area contributed by atoms with Crippen LogP contribution in [0.3, 0.4) is 0 Å². The van der Waals surface area contributed by atoms with Gasteiger partial charge in [-0.3, -0.25) is 4.90 Å². The first-order chi connectivity index (χ1) is 16.5. The van der Waals surface area contributed by atoms with Gasteiger partial charge in [-0.25, -0.2) is 14.4 Å². The van der Waals surface area contributed by atoms with Crippen molar-refractivity contribution in [3.63, 3.8) is 0 Å². The van der Waals surface area contributed by atoms with Crippen LogP contribution in [-0.4, -0.2) is 72.3 Å². The largest absolute Gasteiger partial charge is 0.480 e. The molecule has 2 aliphatic rings. The summed E-state index contributed by atoms with van der Waals surface area (Å²) in [6, 6.07) is 15.1. The van der Waals surface area contributed by atoms with E-state index in [2.05, 4.69) is 17.4 Å². The summed E-state index contributed by atoms with van der Waals surface area (Å²) in [5, 5.41) is 12.5. The van der Waals surface area contributed by atoms with Crippen LogP contribution in [0.15, 0.2) is 48.5 Å². The molecule has 8 nitrogen and oxygen atoms in total. The van der Waals surface area contributed by atoms with E-state index in [1.54, 1.807) is 4.90 Å². The number of benzene rings is 2. The topological polar surface area (TPSA) is 99.2 Å². The number of carboxylic acids is 1. The Bertz CT molecular complexity index is 1010. The number of carbonyl (C=O) groups is 3. The molecule has 8 heteroatoms. The normalized spacial score (nSPS) is 15.8. The lowest BCUT2D eigenvalue weighted by atomic mass is 9.98. The molecule has 4 rings (SSSR count). The number of carboxylic acid groups (broad SMARTS) is 1. The summed E-state index contributed by atoms with van der Waals surface area (Å²) in [6.45, 7) is 2.13. The molecule has 1 atom stereocenters. The maximum Gasteiger partial charge on any atom is 0.410 e. The molecule has 3 amide bonds. The van der Waals surface area contributed by atoms with Crippen molar-refractivity contribution in [2.45, 2.75) is 37.6 Å². The molecule has 1 aliphatic heterocycles. The van der Waals surface area contributed by atoms with E-state index in [4.69, 9.17) is 4.74 Å². The van der Waals surface area contributed by atoms with Gasteiger partial charge in [0.15, 0.2) is 0 Å². The maximum atomic E-state index is 12.8. The van der Waals surface area contributed by atoms with Crippen molar-refractivity contribution in [1.82, 2.24) is 15.1 Å².